The van der Waals surface area contributed by atoms with Gasteiger partial charge in [-0.15, -0.1) is 0 Å². The summed E-state index contributed by atoms with van der Waals surface area (Å²) in [6, 6.07) is 8.64. The number of para-hydroxylation sites is 1. The maximum absolute atomic E-state index is 3.55. The standard InChI is InChI=1S/C10H11N/c1-10-6-8(10)7-4-2-3-5-9(7)11-10/h2-5,8,11H,6H2,1H3. The normalized spacial score (nSPS) is 37.4. The minimum absolute atomic E-state index is 0.420. The summed E-state index contributed by atoms with van der Waals surface area (Å²) in [6.45, 7) is 2.30. The number of rotatable bonds is 0. The Morgan fingerprint density at radius 3 is 3.09 bits per heavy atom. The smallest absolute Gasteiger partial charge is 0.0422 e. The van der Waals surface area contributed by atoms with Gasteiger partial charge in [-0.05, 0) is 25.0 Å². The van der Waals surface area contributed by atoms with E-state index in [0.717, 1.165) is 5.92 Å². The number of fused-ring (bicyclic) bond motifs is 3. The molecule has 1 heterocycles. The fourth-order valence-corrected chi connectivity index (χ4v) is 2.18. The average Bonchev–Trinajstić information content (AvgIpc) is 2.56. The minimum atomic E-state index is 0.420. The van der Waals surface area contributed by atoms with E-state index in [2.05, 4.69) is 36.5 Å². The summed E-state index contributed by atoms with van der Waals surface area (Å²) in [6.07, 6.45) is 1.32. The summed E-state index contributed by atoms with van der Waals surface area (Å²) < 4.78 is 0. The highest BCUT2D eigenvalue weighted by Gasteiger charge is 2.56. The molecule has 0 spiro atoms. The molecule has 1 aromatic rings. The molecule has 1 aliphatic heterocycles. The topological polar surface area (TPSA) is 12.0 Å². The van der Waals surface area contributed by atoms with Crippen molar-refractivity contribution in [3.63, 3.8) is 0 Å². The molecule has 2 atom stereocenters. The second kappa shape index (κ2) is 1.45. The zero-order valence-corrected chi connectivity index (χ0v) is 6.59. The Balaban J connectivity index is 2.18. The van der Waals surface area contributed by atoms with Crippen molar-refractivity contribution in [1.29, 1.82) is 0 Å². The Morgan fingerprint density at radius 2 is 2.27 bits per heavy atom. The summed E-state index contributed by atoms with van der Waals surface area (Å²) in [4.78, 5) is 0. The van der Waals surface area contributed by atoms with Crippen LogP contribution in [0.2, 0.25) is 0 Å². The Morgan fingerprint density at radius 1 is 1.45 bits per heavy atom. The van der Waals surface area contributed by atoms with Crippen LogP contribution in [-0.4, -0.2) is 5.54 Å². The third-order valence-electron chi connectivity index (χ3n) is 2.99. The molecule has 11 heavy (non-hydrogen) atoms. The van der Waals surface area contributed by atoms with Crippen LogP contribution in [-0.2, 0) is 0 Å². The number of nitrogens with one attached hydrogen (secondary N) is 1. The molecule has 1 nitrogen and oxygen atoms in total. The van der Waals surface area contributed by atoms with E-state index in [1.54, 1.807) is 0 Å². The lowest BCUT2D eigenvalue weighted by Crippen LogP contribution is -2.12. The van der Waals surface area contributed by atoms with Gasteiger partial charge in [0.25, 0.3) is 0 Å². The molecule has 1 N–H and O–H groups in total. The van der Waals surface area contributed by atoms with Crippen molar-refractivity contribution in [2.75, 3.05) is 5.32 Å². The molecule has 0 aromatic heterocycles. The predicted molar refractivity (Wildman–Crippen MR) is 45.8 cm³/mol. The molecule has 2 unspecified atom stereocenters. The lowest BCUT2D eigenvalue weighted by molar-refractivity contribution is 0.825. The predicted octanol–water partition coefficient (Wildman–Crippen LogP) is 2.36. The van der Waals surface area contributed by atoms with E-state index in [1.807, 2.05) is 0 Å². The first-order chi connectivity index (χ1) is 5.30. The molecule has 1 heteroatoms. The van der Waals surface area contributed by atoms with Crippen molar-refractivity contribution in [2.24, 2.45) is 0 Å². The van der Waals surface area contributed by atoms with Crippen molar-refractivity contribution in [3.8, 4) is 0 Å². The van der Waals surface area contributed by atoms with Gasteiger partial charge in [-0.25, -0.2) is 0 Å². The van der Waals surface area contributed by atoms with Crippen molar-refractivity contribution < 1.29 is 0 Å². The number of anilines is 1. The van der Waals surface area contributed by atoms with Crippen LogP contribution in [0.3, 0.4) is 0 Å². The maximum Gasteiger partial charge on any atom is 0.0422 e. The van der Waals surface area contributed by atoms with Crippen molar-refractivity contribution in [2.45, 2.75) is 24.8 Å². The summed E-state index contributed by atoms with van der Waals surface area (Å²) in [7, 11) is 0. The van der Waals surface area contributed by atoms with E-state index < -0.39 is 0 Å². The van der Waals surface area contributed by atoms with E-state index in [9.17, 15) is 0 Å². The molecular weight excluding hydrogens is 134 g/mol. The summed E-state index contributed by atoms with van der Waals surface area (Å²) >= 11 is 0. The second-order valence-corrected chi connectivity index (χ2v) is 3.89. The van der Waals surface area contributed by atoms with Gasteiger partial charge in [-0.3, -0.25) is 0 Å². The van der Waals surface area contributed by atoms with Crippen LogP contribution in [0.15, 0.2) is 24.3 Å². The second-order valence-electron chi connectivity index (χ2n) is 3.89. The van der Waals surface area contributed by atoms with Gasteiger partial charge in [0.15, 0.2) is 0 Å². The lowest BCUT2D eigenvalue weighted by atomic mass is 10.1. The SMILES string of the molecule is CC12CC1c1ccccc1N2. The van der Waals surface area contributed by atoms with Crippen LogP contribution < -0.4 is 5.32 Å². The van der Waals surface area contributed by atoms with Crippen LogP contribution >= 0.6 is 0 Å². The lowest BCUT2D eigenvalue weighted by Gasteiger charge is -2.07. The first kappa shape index (κ1) is 5.64. The molecule has 2 aliphatic rings. The van der Waals surface area contributed by atoms with Crippen LogP contribution in [0.4, 0.5) is 5.69 Å². The summed E-state index contributed by atoms with van der Waals surface area (Å²) in [5.41, 5.74) is 3.30. The zero-order chi connectivity index (χ0) is 7.47. The van der Waals surface area contributed by atoms with Gasteiger partial charge in [0.05, 0.1) is 0 Å². The quantitative estimate of drug-likeness (QED) is 0.591. The molecule has 0 bridgehead atoms. The molecule has 56 valence electrons. The van der Waals surface area contributed by atoms with Gasteiger partial charge in [-0.2, -0.15) is 0 Å². The molecule has 0 amide bonds. The summed E-state index contributed by atoms with van der Waals surface area (Å²) in [5.74, 6) is 0.804. The average molecular weight is 145 g/mol. The van der Waals surface area contributed by atoms with E-state index >= 15 is 0 Å². The largest absolute Gasteiger partial charge is 0.379 e. The molecule has 1 aromatic carbocycles. The first-order valence-electron chi connectivity index (χ1n) is 4.17. The maximum atomic E-state index is 3.55. The van der Waals surface area contributed by atoms with E-state index in [1.165, 1.54) is 17.7 Å². The van der Waals surface area contributed by atoms with Crippen molar-refractivity contribution >= 4 is 5.69 Å². The highest BCUT2D eigenvalue weighted by atomic mass is 15.1. The van der Waals surface area contributed by atoms with Gasteiger partial charge in [0.1, 0.15) is 0 Å². The third-order valence-corrected chi connectivity index (χ3v) is 2.99. The first-order valence-corrected chi connectivity index (χ1v) is 4.17. The van der Waals surface area contributed by atoms with Crippen LogP contribution in [0.1, 0.15) is 24.8 Å². The van der Waals surface area contributed by atoms with E-state index in [4.69, 9.17) is 0 Å². The molecule has 1 aliphatic carbocycles. The van der Waals surface area contributed by atoms with Gasteiger partial charge in [0.2, 0.25) is 0 Å². The van der Waals surface area contributed by atoms with Crippen molar-refractivity contribution in [3.05, 3.63) is 29.8 Å². The zero-order valence-electron chi connectivity index (χ0n) is 6.59. The van der Waals surface area contributed by atoms with Crippen LogP contribution in [0.25, 0.3) is 0 Å². The highest BCUT2D eigenvalue weighted by Crippen LogP contribution is 2.60. The molecule has 1 fully saturated rings. The molecule has 0 radical (unpaired) electrons. The number of hydrogen-bond acceptors (Lipinski definition) is 1. The van der Waals surface area contributed by atoms with E-state index in [-0.39, 0.29) is 0 Å². The monoisotopic (exact) mass is 145 g/mol. The van der Waals surface area contributed by atoms with Gasteiger partial charge >= 0.3 is 0 Å². The third kappa shape index (κ3) is 0.566. The number of benzene rings is 1. The van der Waals surface area contributed by atoms with Crippen LogP contribution in [0, 0.1) is 0 Å². The molecule has 1 saturated carbocycles. The van der Waals surface area contributed by atoms with E-state index in [0.29, 0.717) is 5.54 Å². The van der Waals surface area contributed by atoms with Crippen LogP contribution in [0.5, 0.6) is 0 Å². The van der Waals surface area contributed by atoms with Gasteiger partial charge in [-0.1, -0.05) is 18.2 Å². The fourth-order valence-electron chi connectivity index (χ4n) is 2.18. The Labute approximate surface area is 66.4 Å². The Hall–Kier alpha value is -0.980. The Bertz CT molecular complexity index is 318. The van der Waals surface area contributed by atoms with Gasteiger partial charge in [0, 0.05) is 17.1 Å². The fraction of sp³-hybridized carbons (Fsp3) is 0.400. The minimum Gasteiger partial charge on any atom is -0.379 e. The Kier molecular flexibility index (Phi) is 0.743. The molecule has 0 saturated heterocycles. The van der Waals surface area contributed by atoms with Gasteiger partial charge < -0.3 is 5.32 Å². The summed E-state index contributed by atoms with van der Waals surface area (Å²) in [5, 5.41) is 3.55. The number of hydrogen-bond donors (Lipinski definition) is 1. The van der Waals surface area contributed by atoms with Crippen molar-refractivity contribution in [1.82, 2.24) is 0 Å². The molecule has 3 rings (SSSR count). The molecular formula is C10H11N. The highest BCUT2D eigenvalue weighted by molar-refractivity contribution is 5.66.